The van der Waals surface area contributed by atoms with Crippen molar-refractivity contribution in [3.63, 3.8) is 0 Å². The molecule has 7 nitrogen and oxygen atoms in total. The number of rotatable bonds is 11. The lowest BCUT2D eigenvalue weighted by Gasteiger charge is -2.35. The smallest absolute Gasteiger partial charge is 0.264 e. The summed E-state index contributed by atoms with van der Waals surface area (Å²) in [6, 6.07) is 28.5. The fourth-order valence-electron chi connectivity index (χ4n) is 5.33. The van der Waals surface area contributed by atoms with Gasteiger partial charge in [-0.2, -0.15) is 0 Å². The van der Waals surface area contributed by atoms with E-state index in [2.05, 4.69) is 5.32 Å². The zero-order valence-corrected chi connectivity index (χ0v) is 28.7. The van der Waals surface area contributed by atoms with E-state index >= 15 is 0 Å². The third-order valence-corrected chi connectivity index (χ3v) is 9.53. The van der Waals surface area contributed by atoms with Crippen molar-refractivity contribution in [3.05, 3.63) is 130 Å². The molecule has 0 saturated heterocycles. The number of hydrogen-bond acceptors (Lipinski definition) is 4. The van der Waals surface area contributed by atoms with E-state index in [1.54, 1.807) is 30.3 Å². The summed E-state index contributed by atoms with van der Waals surface area (Å²) in [7, 11) is -4.16. The molecule has 0 spiro atoms. The number of sulfonamides is 1. The number of carbonyl (C=O) groups is 2. The van der Waals surface area contributed by atoms with Crippen molar-refractivity contribution in [2.75, 3.05) is 10.8 Å². The van der Waals surface area contributed by atoms with E-state index in [0.29, 0.717) is 5.69 Å². The molecule has 0 aliphatic carbocycles. The van der Waals surface area contributed by atoms with Gasteiger partial charge in [-0.25, -0.2) is 8.42 Å². The van der Waals surface area contributed by atoms with E-state index in [-0.39, 0.29) is 23.8 Å². The average Bonchev–Trinajstić information content (AvgIpc) is 2.98. The van der Waals surface area contributed by atoms with Crippen molar-refractivity contribution >= 4 is 27.5 Å². The van der Waals surface area contributed by atoms with Gasteiger partial charge in [-0.3, -0.25) is 13.9 Å². The largest absolute Gasteiger partial charge is 0.350 e. The van der Waals surface area contributed by atoms with E-state index in [1.165, 1.54) is 9.21 Å². The summed E-state index contributed by atoms with van der Waals surface area (Å²) in [4.78, 5) is 30.3. The second-order valence-corrected chi connectivity index (χ2v) is 14.9. The van der Waals surface area contributed by atoms with Crippen LogP contribution < -0.4 is 9.62 Å². The molecule has 1 unspecified atom stereocenters. The van der Waals surface area contributed by atoms with Gasteiger partial charge in [-0.05, 0) is 83.4 Å². The summed E-state index contributed by atoms with van der Waals surface area (Å²) in [6.45, 7) is 13.0. The van der Waals surface area contributed by atoms with Gasteiger partial charge in [0.2, 0.25) is 11.8 Å². The van der Waals surface area contributed by atoms with Crippen LogP contribution in [0.5, 0.6) is 0 Å². The van der Waals surface area contributed by atoms with Crippen LogP contribution in [0, 0.1) is 27.7 Å². The summed E-state index contributed by atoms with van der Waals surface area (Å²) in [6.07, 6.45) is 0.259. The van der Waals surface area contributed by atoms with Gasteiger partial charge in [-0.1, -0.05) is 95.6 Å². The molecule has 4 rings (SSSR count). The van der Waals surface area contributed by atoms with Crippen LogP contribution in [0.4, 0.5) is 5.69 Å². The van der Waals surface area contributed by atoms with E-state index in [1.807, 2.05) is 115 Å². The number of aryl methyl sites for hydroxylation is 4. The minimum Gasteiger partial charge on any atom is -0.350 e. The second kappa shape index (κ2) is 14.3. The molecule has 242 valence electrons. The number of nitrogens with zero attached hydrogens (tertiary/aromatic N) is 2. The molecule has 0 aliphatic rings. The van der Waals surface area contributed by atoms with E-state index in [4.69, 9.17) is 0 Å². The number of anilines is 1. The van der Waals surface area contributed by atoms with Crippen molar-refractivity contribution in [2.45, 2.75) is 77.9 Å². The number of amides is 2. The Balaban J connectivity index is 1.84. The Morgan fingerprint density at radius 2 is 1.30 bits per heavy atom. The minimum atomic E-state index is -4.16. The summed E-state index contributed by atoms with van der Waals surface area (Å²) in [5.41, 5.74) is 5.27. The molecular weight excluding hydrogens is 595 g/mol. The van der Waals surface area contributed by atoms with Crippen LogP contribution in [-0.2, 0) is 32.6 Å². The molecule has 0 aliphatic heterocycles. The molecular formula is C38H45N3O4S. The van der Waals surface area contributed by atoms with Crippen molar-refractivity contribution in [2.24, 2.45) is 0 Å². The highest BCUT2D eigenvalue weighted by atomic mass is 32.2. The molecule has 0 radical (unpaired) electrons. The molecule has 0 fully saturated rings. The molecule has 0 aromatic heterocycles. The highest BCUT2D eigenvalue weighted by Gasteiger charge is 2.36. The average molecular weight is 640 g/mol. The molecule has 8 heteroatoms. The van der Waals surface area contributed by atoms with Crippen LogP contribution in [-0.4, -0.2) is 43.3 Å². The Morgan fingerprint density at radius 3 is 1.87 bits per heavy atom. The Labute approximate surface area is 274 Å². The number of hydrogen-bond donors (Lipinski definition) is 1. The topological polar surface area (TPSA) is 86.8 Å². The lowest BCUT2D eigenvalue weighted by molar-refractivity contribution is -0.140. The molecule has 4 aromatic carbocycles. The highest BCUT2D eigenvalue weighted by Crippen LogP contribution is 2.29. The minimum absolute atomic E-state index is 0.0854. The quantitative estimate of drug-likeness (QED) is 0.199. The van der Waals surface area contributed by atoms with Gasteiger partial charge in [-0.15, -0.1) is 0 Å². The zero-order valence-electron chi connectivity index (χ0n) is 27.9. The number of carbonyl (C=O) groups excluding carboxylic acids is 2. The molecule has 1 atom stereocenters. The van der Waals surface area contributed by atoms with Crippen LogP contribution in [0.15, 0.2) is 102 Å². The van der Waals surface area contributed by atoms with Gasteiger partial charge in [0.15, 0.2) is 0 Å². The summed E-state index contributed by atoms with van der Waals surface area (Å²) >= 11 is 0. The fourth-order valence-corrected chi connectivity index (χ4v) is 6.81. The Hall–Kier alpha value is -4.43. The first-order chi connectivity index (χ1) is 21.6. The Bertz CT molecular complexity index is 1760. The predicted molar refractivity (Wildman–Crippen MR) is 185 cm³/mol. The monoisotopic (exact) mass is 639 g/mol. The van der Waals surface area contributed by atoms with Crippen LogP contribution in [0.3, 0.4) is 0 Å². The maximum atomic E-state index is 14.7. The van der Waals surface area contributed by atoms with Crippen LogP contribution in [0.2, 0.25) is 0 Å². The van der Waals surface area contributed by atoms with Gasteiger partial charge in [0.05, 0.1) is 10.6 Å². The van der Waals surface area contributed by atoms with E-state index < -0.39 is 34.1 Å². The molecule has 0 bridgehead atoms. The normalized spacial score (nSPS) is 12.3. The highest BCUT2D eigenvalue weighted by molar-refractivity contribution is 7.92. The SMILES string of the molecule is Cc1ccc(CN(C(=O)CN(c2ccc(C)cc2C)S(=O)(=O)c2ccc(C)cc2)C(Cc2ccccc2)C(=O)NC(C)(C)C)cc1. The van der Waals surface area contributed by atoms with Gasteiger partial charge >= 0.3 is 0 Å². The van der Waals surface area contributed by atoms with Crippen molar-refractivity contribution in [1.29, 1.82) is 0 Å². The lowest BCUT2D eigenvalue weighted by Crippen LogP contribution is -2.56. The van der Waals surface area contributed by atoms with E-state index in [9.17, 15) is 18.0 Å². The number of benzene rings is 4. The fraction of sp³-hybridized carbons (Fsp3) is 0.316. The maximum Gasteiger partial charge on any atom is 0.264 e. The van der Waals surface area contributed by atoms with Gasteiger partial charge in [0.25, 0.3) is 10.0 Å². The third kappa shape index (κ3) is 8.85. The summed E-state index contributed by atoms with van der Waals surface area (Å²) in [5.74, 6) is -0.794. The third-order valence-electron chi connectivity index (χ3n) is 7.75. The standard InChI is InChI=1S/C38H45N3O4S/c1-27-13-18-32(19-14-27)25-40(35(37(43)39-38(5,6)7)24-31-11-9-8-10-12-31)36(42)26-41(34-22-17-29(3)23-30(34)4)46(44,45)33-20-15-28(2)16-21-33/h8-23,35H,24-26H2,1-7H3,(H,39,43). The van der Waals surface area contributed by atoms with Crippen LogP contribution in [0.1, 0.15) is 54.2 Å². The van der Waals surface area contributed by atoms with Crippen molar-refractivity contribution in [3.8, 4) is 0 Å². The van der Waals surface area contributed by atoms with Gasteiger partial charge in [0, 0.05) is 18.5 Å². The van der Waals surface area contributed by atoms with Gasteiger partial charge in [0.1, 0.15) is 12.6 Å². The molecule has 4 aromatic rings. The summed E-state index contributed by atoms with van der Waals surface area (Å²) in [5, 5.41) is 3.07. The van der Waals surface area contributed by atoms with E-state index in [0.717, 1.165) is 33.4 Å². The molecule has 0 saturated carbocycles. The summed E-state index contributed by atoms with van der Waals surface area (Å²) < 4.78 is 29.8. The van der Waals surface area contributed by atoms with Crippen molar-refractivity contribution < 1.29 is 18.0 Å². The predicted octanol–water partition coefficient (Wildman–Crippen LogP) is 6.67. The first-order valence-electron chi connectivity index (χ1n) is 15.5. The second-order valence-electron chi connectivity index (χ2n) is 13.1. The van der Waals surface area contributed by atoms with Crippen LogP contribution in [0.25, 0.3) is 0 Å². The van der Waals surface area contributed by atoms with Crippen LogP contribution >= 0.6 is 0 Å². The Morgan fingerprint density at radius 1 is 0.739 bits per heavy atom. The molecule has 2 amide bonds. The maximum absolute atomic E-state index is 14.7. The lowest BCUT2D eigenvalue weighted by atomic mass is 10.0. The van der Waals surface area contributed by atoms with Crippen molar-refractivity contribution in [1.82, 2.24) is 10.2 Å². The number of nitrogens with one attached hydrogen (secondary N) is 1. The Kier molecular flexibility index (Phi) is 10.7. The van der Waals surface area contributed by atoms with Gasteiger partial charge < -0.3 is 10.2 Å². The zero-order chi connectivity index (χ0) is 33.6. The molecule has 46 heavy (non-hydrogen) atoms. The first-order valence-corrected chi connectivity index (χ1v) is 17.0. The molecule has 1 N–H and O–H groups in total. The molecule has 0 heterocycles. The first kappa shape index (κ1) is 34.4.